The molecule has 2 aromatic rings. The number of rotatable bonds is 6. The van der Waals surface area contributed by atoms with E-state index >= 15 is 0 Å². The maximum absolute atomic E-state index is 13.5. The molecule has 35 heavy (non-hydrogen) atoms. The molecule has 1 aliphatic carbocycles. The van der Waals surface area contributed by atoms with Crippen molar-refractivity contribution in [2.24, 2.45) is 0 Å². The largest absolute Gasteiger partial charge is 0.488 e. The van der Waals surface area contributed by atoms with E-state index in [0.717, 1.165) is 73.9 Å². The van der Waals surface area contributed by atoms with E-state index in [-0.39, 0.29) is 12.1 Å². The average molecular weight is 476 g/mol. The van der Waals surface area contributed by atoms with Crippen LogP contribution >= 0.6 is 0 Å². The van der Waals surface area contributed by atoms with Gasteiger partial charge in [0.05, 0.1) is 12.2 Å². The van der Waals surface area contributed by atoms with Crippen molar-refractivity contribution in [1.29, 1.82) is 0 Å². The first-order valence-corrected chi connectivity index (χ1v) is 13.0. The number of piperidine rings is 1. The van der Waals surface area contributed by atoms with E-state index < -0.39 is 5.60 Å². The lowest BCUT2D eigenvalue weighted by Crippen LogP contribution is -2.42. The zero-order valence-corrected chi connectivity index (χ0v) is 21.2. The molecule has 5 rings (SSSR count). The van der Waals surface area contributed by atoms with Crippen molar-refractivity contribution in [2.75, 3.05) is 13.1 Å². The third kappa shape index (κ3) is 5.03. The number of aryl methyl sites for hydroxylation is 3. The molecule has 2 aliphatic heterocycles. The van der Waals surface area contributed by atoms with E-state index in [1.54, 1.807) is 0 Å². The summed E-state index contributed by atoms with van der Waals surface area (Å²) in [5.41, 5.74) is 5.27. The fraction of sp³-hybridized carbons (Fsp3) is 0.500. The monoisotopic (exact) mass is 475 g/mol. The Morgan fingerprint density at radius 3 is 2.23 bits per heavy atom. The number of carbonyl (C=O) groups excluding carboxylic acids is 1. The number of hydrogen-bond acceptors (Lipinski definition) is 5. The summed E-state index contributed by atoms with van der Waals surface area (Å²) in [6.07, 6.45) is 5.88. The Balaban J connectivity index is 1.44. The fourth-order valence-corrected chi connectivity index (χ4v) is 6.05. The van der Waals surface area contributed by atoms with Crippen LogP contribution in [0.15, 0.2) is 48.2 Å². The number of carbonyl (C=O) groups is 1. The lowest BCUT2D eigenvalue weighted by atomic mass is 9.80. The van der Waals surface area contributed by atoms with Crippen molar-refractivity contribution in [1.82, 2.24) is 5.32 Å². The number of esters is 1. The second-order valence-corrected chi connectivity index (χ2v) is 10.4. The van der Waals surface area contributed by atoms with Crippen molar-refractivity contribution in [3.8, 4) is 0 Å². The zero-order chi connectivity index (χ0) is 24.4. The minimum absolute atomic E-state index is 0.213. The first-order chi connectivity index (χ1) is 16.9. The van der Waals surface area contributed by atoms with E-state index in [2.05, 4.69) is 50.4 Å². The molecule has 0 radical (unpaired) electrons. The van der Waals surface area contributed by atoms with Crippen LogP contribution in [0.3, 0.4) is 0 Å². The summed E-state index contributed by atoms with van der Waals surface area (Å²) >= 11 is 0. The lowest BCUT2D eigenvalue weighted by molar-refractivity contribution is -0.155. The van der Waals surface area contributed by atoms with Gasteiger partial charge in [0.25, 0.3) is 0 Å². The Bertz CT molecular complexity index is 1070. The number of hydrogen-bond donors (Lipinski definition) is 1. The van der Waals surface area contributed by atoms with Crippen LogP contribution in [0.5, 0.6) is 0 Å². The molecule has 186 valence electrons. The van der Waals surface area contributed by atoms with Crippen LogP contribution in [0.25, 0.3) is 5.57 Å². The number of nitrogens with one attached hydrogen (secondary N) is 1. The summed E-state index contributed by atoms with van der Waals surface area (Å²) in [7, 11) is 0. The van der Waals surface area contributed by atoms with Gasteiger partial charge < -0.3 is 19.5 Å². The quantitative estimate of drug-likeness (QED) is 0.556. The fourth-order valence-electron chi connectivity index (χ4n) is 6.05. The van der Waals surface area contributed by atoms with Crippen LogP contribution in [0.4, 0.5) is 0 Å². The van der Waals surface area contributed by atoms with E-state index in [4.69, 9.17) is 14.2 Å². The third-order valence-corrected chi connectivity index (χ3v) is 7.70. The highest BCUT2D eigenvalue weighted by atomic mass is 16.6. The van der Waals surface area contributed by atoms with Gasteiger partial charge in [0.15, 0.2) is 11.4 Å². The highest BCUT2D eigenvalue weighted by molar-refractivity contribution is 6.20. The van der Waals surface area contributed by atoms with Gasteiger partial charge in [-0.15, -0.1) is 0 Å². The molecular formula is C30H37NO4. The Hall–Kier alpha value is -2.63. The minimum atomic E-state index is -0.709. The van der Waals surface area contributed by atoms with Gasteiger partial charge >= 0.3 is 5.97 Å². The second kappa shape index (κ2) is 10.2. The summed E-state index contributed by atoms with van der Waals surface area (Å²) in [4.78, 5) is 13.5. The molecule has 1 spiro atoms. The van der Waals surface area contributed by atoms with Gasteiger partial charge in [-0.3, -0.25) is 0 Å². The Labute approximate surface area is 208 Å². The van der Waals surface area contributed by atoms with Gasteiger partial charge in [0.1, 0.15) is 12.2 Å². The number of ether oxygens (including phenoxy) is 3. The molecule has 1 saturated heterocycles. The predicted molar refractivity (Wildman–Crippen MR) is 137 cm³/mol. The van der Waals surface area contributed by atoms with Crippen LogP contribution in [-0.4, -0.2) is 36.9 Å². The molecule has 1 saturated carbocycles. The molecule has 2 fully saturated rings. The molecule has 1 N–H and O–H groups in total. The normalized spacial score (nSPS) is 25.2. The molecule has 2 heterocycles. The Morgan fingerprint density at radius 2 is 1.57 bits per heavy atom. The van der Waals surface area contributed by atoms with Crippen LogP contribution < -0.4 is 5.32 Å². The molecule has 2 aromatic carbocycles. The SMILES string of the molecule is Cc1cc(C)c(C2=C(OCc3ccccc3)C3(CCC(OC4CCNCC4)CC3)OC2=O)c(C)c1. The maximum atomic E-state index is 13.5. The van der Waals surface area contributed by atoms with Crippen LogP contribution in [0.2, 0.25) is 0 Å². The van der Waals surface area contributed by atoms with Crippen LogP contribution in [0.1, 0.15) is 66.3 Å². The molecule has 0 aromatic heterocycles. The van der Waals surface area contributed by atoms with Crippen molar-refractivity contribution >= 4 is 11.5 Å². The lowest BCUT2D eigenvalue weighted by Gasteiger charge is -2.38. The van der Waals surface area contributed by atoms with Crippen LogP contribution in [0, 0.1) is 20.8 Å². The third-order valence-electron chi connectivity index (χ3n) is 7.70. The van der Waals surface area contributed by atoms with Gasteiger partial charge in [-0.2, -0.15) is 0 Å². The molecule has 5 heteroatoms. The molecular weight excluding hydrogens is 438 g/mol. The molecule has 5 nitrogen and oxygen atoms in total. The Kier molecular flexibility index (Phi) is 6.99. The molecule has 0 amide bonds. The second-order valence-electron chi connectivity index (χ2n) is 10.4. The molecule has 0 atom stereocenters. The topological polar surface area (TPSA) is 56.8 Å². The molecule has 3 aliphatic rings. The predicted octanol–water partition coefficient (Wildman–Crippen LogP) is 5.55. The summed E-state index contributed by atoms with van der Waals surface area (Å²) < 4.78 is 19.2. The van der Waals surface area contributed by atoms with E-state index in [0.29, 0.717) is 24.0 Å². The summed E-state index contributed by atoms with van der Waals surface area (Å²) in [6.45, 7) is 8.69. The Morgan fingerprint density at radius 1 is 0.943 bits per heavy atom. The van der Waals surface area contributed by atoms with Gasteiger partial charge in [-0.25, -0.2) is 4.79 Å². The van der Waals surface area contributed by atoms with E-state index in [9.17, 15) is 4.79 Å². The van der Waals surface area contributed by atoms with Gasteiger partial charge in [0.2, 0.25) is 0 Å². The minimum Gasteiger partial charge on any atom is -0.488 e. The molecule has 0 unspecified atom stereocenters. The van der Waals surface area contributed by atoms with Crippen LogP contribution in [-0.2, 0) is 25.6 Å². The summed E-state index contributed by atoms with van der Waals surface area (Å²) in [5, 5.41) is 3.40. The van der Waals surface area contributed by atoms with E-state index in [1.807, 2.05) is 18.2 Å². The average Bonchev–Trinajstić information content (AvgIpc) is 3.10. The van der Waals surface area contributed by atoms with E-state index in [1.165, 1.54) is 5.56 Å². The smallest absolute Gasteiger partial charge is 0.343 e. The zero-order valence-electron chi connectivity index (χ0n) is 21.2. The number of benzene rings is 2. The summed E-state index contributed by atoms with van der Waals surface area (Å²) in [6, 6.07) is 14.4. The maximum Gasteiger partial charge on any atom is 0.343 e. The summed E-state index contributed by atoms with van der Waals surface area (Å²) in [5.74, 6) is 0.447. The first kappa shape index (κ1) is 24.1. The van der Waals surface area contributed by atoms with Crippen molar-refractivity contribution in [2.45, 2.75) is 83.7 Å². The van der Waals surface area contributed by atoms with Gasteiger partial charge in [-0.1, -0.05) is 48.0 Å². The highest BCUT2D eigenvalue weighted by Gasteiger charge is 2.52. The van der Waals surface area contributed by atoms with Gasteiger partial charge in [-0.05, 0) is 94.6 Å². The van der Waals surface area contributed by atoms with Crippen molar-refractivity contribution in [3.63, 3.8) is 0 Å². The van der Waals surface area contributed by atoms with Crippen molar-refractivity contribution < 1.29 is 19.0 Å². The van der Waals surface area contributed by atoms with Gasteiger partial charge in [0, 0.05) is 0 Å². The standard InChI is InChI=1S/C30H37NO4/c1-20-17-21(2)26(22(3)18-20)27-28(33-19-23-7-5-4-6-8-23)30(35-29(27)32)13-9-24(10-14-30)34-25-11-15-31-16-12-25/h4-8,17-18,24-25,31H,9-16,19H2,1-3H3. The first-order valence-electron chi connectivity index (χ1n) is 13.0. The highest BCUT2D eigenvalue weighted by Crippen LogP contribution is 2.49. The van der Waals surface area contributed by atoms with Crippen molar-refractivity contribution in [3.05, 3.63) is 76.0 Å². The molecule has 0 bridgehead atoms.